The van der Waals surface area contributed by atoms with E-state index < -0.39 is 39.7 Å². The summed E-state index contributed by atoms with van der Waals surface area (Å²) in [6.07, 6.45) is 0. The number of aliphatic hydroxyl groups is 1. The standard InChI is InChI=1S/C17H17F2NO4S/c1-17(22,11-25(23,24)15-9-7-13(19)8-10-15)16(21)20(12-18)14-5-3-2-4-6-14/h2-10,22H,11-12H2,1H3. The Morgan fingerprint density at radius 1 is 1.12 bits per heavy atom. The van der Waals surface area contributed by atoms with E-state index in [1.54, 1.807) is 18.2 Å². The average molecular weight is 369 g/mol. The lowest BCUT2D eigenvalue weighted by Crippen LogP contribution is -2.51. The molecule has 0 bridgehead atoms. The number of halogens is 2. The summed E-state index contributed by atoms with van der Waals surface area (Å²) < 4.78 is 51.0. The Hall–Kier alpha value is -2.32. The predicted molar refractivity (Wildman–Crippen MR) is 89.0 cm³/mol. The number of para-hydroxylation sites is 1. The first-order valence-electron chi connectivity index (χ1n) is 7.31. The highest BCUT2D eigenvalue weighted by Crippen LogP contribution is 2.22. The van der Waals surface area contributed by atoms with Gasteiger partial charge < -0.3 is 5.11 Å². The Bertz CT molecular complexity index is 837. The first-order chi connectivity index (χ1) is 11.7. The van der Waals surface area contributed by atoms with Crippen LogP contribution in [-0.4, -0.2) is 37.6 Å². The van der Waals surface area contributed by atoms with Crippen molar-refractivity contribution in [1.29, 1.82) is 0 Å². The van der Waals surface area contributed by atoms with Gasteiger partial charge in [0.1, 0.15) is 5.82 Å². The monoisotopic (exact) mass is 369 g/mol. The van der Waals surface area contributed by atoms with Crippen molar-refractivity contribution in [2.45, 2.75) is 17.4 Å². The van der Waals surface area contributed by atoms with Gasteiger partial charge >= 0.3 is 0 Å². The molecule has 2 rings (SSSR count). The molecule has 0 aliphatic rings. The van der Waals surface area contributed by atoms with Gasteiger partial charge in [-0.15, -0.1) is 0 Å². The van der Waals surface area contributed by atoms with Crippen LogP contribution < -0.4 is 4.90 Å². The van der Waals surface area contributed by atoms with Gasteiger partial charge in [-0.05, 0) is 43.3 Å². The molecule has 1 amide bonds. The Morgan fingerprint density at radius 2 is 1.68 bits per heavy atom. The molecular weight excluding hydrogens is 352 g/mol. The summed E-state index contributed by atoms with van der Waals surface area (Å²) in [7, 11) is -4.09. The molecule has 2 aromatic carbocycles. The van der Waals surface area contributed by atoms with Gasteiger partial charge in [0.05, 0.1) is 10.6 Å². The Morgan fingerprint density at radius 3 is 2.20 bits per heavy atom. The molecule has 1 atom stereocenters. The van der Waals surface area contributed by atoms with Gasteiger partial charge in [0, 0.05) is 5.69 Å². The summed E-state index contributed by atoms with van der Waals surface area (Å²) in [4.78, 5) is 12.9. The molecule has 134 valence electrons. The molecule has 25 heavy (non-hydrogen) atoms. The zero-order valence-electron chi connectivity index (χ0n) is 13.4. The molecular formula is C17H17F2NO4S. The highest BCUT2D eigenvalue weighted by atomic mass is 32.2. The summed E-state index contributed by atoms with van der Waals surface area (Å²) in [5.41, 5.74) is -2.18. The predicted octanol–water partition coefficient (Wildman–Crippen LogP) is 2.31. The van der Waals surface area contributed by atoms with Gasteiger partial charge in [-0.25, -0.2) is 17.2 Å². The molecule has 8 heteroatoms. The first kappa shape index (κ1) is 19.0. The second-order valence-corrected chi connectivity index (χ2v) is 7.66. The first-order valence-corrected chi connectivity index (χ1v) is 8.96. The number of amides is 1. The number of hydrogen-bond acceptors (Lipinski definition) is 4. The van der Waals surface area contributed by atoms with Crippen LogP contribution in [0.2, 0.25) is 0 Å². The minimum Gasteiger partial charge on any atom is -0.379 e. The van der Waals surface area contributed by atoms with Crippen molar-refractivity contribution in [1.82, 2.24) is 0 Å². The lowest BCUT2D eigenvalue weighted by molar-refractivity contribution is -0.133. The summed E-state index contributed by atoms with van der Waals surface area (Å²) in [6, 6.07) is 11.7. The number of hydrogen-bond donors (Lipinski definition) is 1. The van der Waals surface area contributed by atoms with Gasteiger partial charge in [-0.2, -0.15) is 0 Å². The third kappa shape index (κ3) is 4.40. The van der Waals surface area contributed by atoms with E-state index in [4.69, 9.17) is 0 Å². The topological polar surface area (TPSA) is 74.7 Å². The SMILES string of the molecule is CC(O)(CS(=O)(=O)c1ccc(F)cc1)C(=O)N(CF)c1ccccc1. The number of carbonyl (C=O) groups excluding carboxylic acids is 1. The highest BCUT2D eigenvalue weighted by Gasteiger charge is 2.40. The molecule has 0 heterocycles. The van der Waals surface area contributed by atoms with Crippen LogP contribution in [0.3, 0.4) is 0 Å². The Balaban J connectivity index is 2.27. The van der Waals surface area contributed by atoms with E-state index >= 15 is 0 Å². The van der Waals surface area contributed by atoms with Gasteiger partial charge in [0.25, 0.3) is 5.91 Å². The largest absolute Gasteiger partial charge is 0.379 e. The van der Waals surface area contributed by atoms with E-state index in [9.17, 15) is 27.1 Å². The lowest BCUT2D eigenvalue weighted by atomic mass is 10.1. The normalized spacial score (nSPS) is 13.9. The van der Waals surface area contributed by atoms with Crippen LogP contribution >= 0.6 is 0 Å². The maximum Gasteiger partial charge on any atom is 0.261 e. The molecule has 2 aromatic rings. The zero-order valence-corrected chi connectivity index (χ0v) is 14.2. The molecule has 0 fully saturated rings. The van der Waals surface area contributed by atoms with E-state index in [0.717, 1.165) is 31.2 Å². The molecule has 5 nitrogen and oxygen atoms in total. The van der Waals surface area contributed by atoms with Crippen molar-refractivity contribution in [3.8, 4) is 0 Å². The minimum absolute atomic E-state index is 0.189. The van der Waals surface area contributed by atoms with Gasteiger partial charge in [-0.1, -0.05) is 18.2 Å². The van der Waals surface area contributed by atoms with Crippen LogP contribution in [0.1, 0.15) is 6.92 Å². The van der Waals surface area contributed by atoms with Crippen molar-refractivity contribution in [2.24, 2.45) is 0 Å². The van der Waals surface area contributed by atoms with Crippen LogP contribution in [0.5, 0.6) is 0 Å². The smallest absolute Gasteiger partial charge is 0.261 e. The van der Waals surface area contributed by atoms with Gasteiger partial charge in [0.15, 0.2) is 22.2 Å². The number of rotatable bonds is 6. The van der Waals surface area contributed by atoms with Crippen molar-refractivity contribution >= 4 is 21.4 Å². The quantitative estimate of drug-likeness (QED) is 0.626. The van der Waals surface area contributed by atoms with Crippen LogP contribution in [0.25, 0.3) is 0 Å². The van der Waals surface area contributed by atoms with E-state index in [-0.39, 0.29) is 10.6 Å². The second kappa shape index (κ2) is 7.28. The van der Waals surface area contributed by atoms with E-state index in [1.165, 1.54) is 12.1 Å². The number of benzene rings is 2. The highest BCUT2D eigenvalue weighted by molar-refractivity contribution is 7.91. The fourth-order valence-corrected chi connectivity index (χ4v) is 3.88. The lowest BCUT2D eigenvalue weighted by Gasteiger charge is -2.28. The number of nitrogens with zero attached hydrogens (tertiary/aromatic N) is 1. The number of sulfone groups is 1. The number of carbonyl (C=O) groups is 1. The maximum absolute atomic E-state index is 13.3. The summed E-state index contributed by atoms with van der Waals surface area (Å²) >= 11 is 0. The zero-order chi connectivity index (χ0) is 18.7. The van der Waals surface area contributed by atoms with Crippen LogP contribution in [-0.2, 0) is 14.6 Å². The van der Waals surface area contributed by atoms with Gasteiger partial charge in [-0.3, -0.25) is 9.69 Å². The van der Waals surface area contributed by atoms with Crippen LogP contribution in [0.15, 0.2) is 59.5 Å². The second-order valence-electron chi connectivity index (χ2n) is 5.68. The molecule has 0 aliphatic heterocycles. The van der Waals surface area contributed by atoms with E-state index in [1.807, 2.05) is 0 Å². The Kier molecular flexibility index (Phi) is 5.54. The number of alkyl halides is 1. The average Bonchev–Trinajstić information content (AvgIpc) is 2.56. The fourth-order valence-electron chi connectivity index (χ4n) is 2.30. The fraction of sp³-hybridized carbons (Fsp3) is 0.235. The number of anilines is 1. The summed E-state index contributed by atoms with van der Waals surface area (Å²) in [5.74, 6) is -2.67. The summed E-state index contributed by atoms with van der Waals surface area (Å²) in [5, 5.41) is 10.4. The Labute approximate surface area is 144 Å². The molecule has 0 saturated heterocycles. The van der Waals surface area contributed by atoms with E-state index in [2.05, 4.69) is 0 Å². The molecule has 1 unspecified atom stereocenters. The molecule has 0 aliphatic carbocycles. The van der Waals surface area contributed by atoms with Crippen molar-refractivity contribution < 1.29 is 27.1 Å². The molecule has 0 spiro atoms. The molecule has 1 N–H and O–H groups in total. The third-order valence-corrected chi connectivity index (χ3v) is 5.47. The minimum atomic E-state index is -4.09. The van der Waals surface area contributed by atoms with Crippen molar-refractivity contribution in [3.05, 3.63) is 60.4 Å². The van der Waals surface area contributed by atoms with Crippen LogP contribution in [0, 0.1) is 5.82 Å². The third-order valence-electron chi connectivity index (χ3n) is 3.54. The molecule has 0 saturated carbocycles. The van der Waals surface area contributed by atoms with Crippen LogP contribution in [0.4, 0.5) is 14.5 Å². The van der Waals surface area contributed by atoms with E-state index in [0.29, 0.717) is 4.90 Å². The molecule has 0 radical (unpaired) electrons. The summed E-state index contributed by atoms with van der Waals surface area (Å²) in [6.45, 7) is -0.225. The maximum atomic E-state index is 13.3. The van der Waals surface area contributed by atoms with Crippen molar-refractivity contribution in [2.75, 3.05) is 17.5 Å². The van der Waals surface area contributed by atoms with Crippen molar-refractivity contribution in [3.63, 3.8) is 0 Å². The molecule has 0 aromatic heterocycles. The van der Waals surface area contributed by atoms with Gasteiger partial charge in [0.2, 0.25) is 0 Å².